The predicted octanol–water partition coefficient (Wildman–Crippen LogP) is 2.29. The van der Waals surface area contributed by atoms with E-state index in [9.17, 15) is 4.79 Å². The van der Waals surface area contributed by atoms with Crippen molar-refractivity contribution in [2.75, 3.05) is 70.9 Å². The number of methoxy groups -OCH3 is 1. The minimum absolute atomic E-state index is 0.308. The van der Waals surface area contributed by atoms with Crippen LogP contribution in [0.5, 0.6) is 5.75 Å². The number of carbonyl (C=O) groups is 1. The van der Waals surface area contributed by atoms with Gasteiger partial charge in [-0.05, 0) is 25.0 Å². The summed E-state index contributed by atoms with van der Waals surface area (Å²) in [5, 5.41) is 0. The number of piperazine rings is 2. The highest BCUT2D eigenvalue weighted by Crippen LogP contribution is 2.24. The third-order valence-electron chi connectivity index (χ3n) is 6.91. The zero-order chi connectivity index (χ0) is 20.1. The van der Waals surface area contributed by atoms with Crippen molar-refractivity contribution in [1.29, 1.82) is 0 Å². The number of hydrogen-bond donors (Lipinski definition) is 0. The average Bonchev–Trinajstić information content (AvgIpc) is 2.80. The fraction of sp³-hybridized carbons (Fsp3) is 0.696. The molecule has 1 amide bonds. The summed E-state index contributed by atoms with van der Waals surface area (Å²) in [4.78, 5) is 22.2. The Balaban J connectivity index is 1.20. The van der Waals surface area contributed by atoms with Gasteiger partial charge in [0.1, 0.15) is 5.75 Å². The van der Waals surface area contributed by atoms with E-state index in [1.807, 2.05) is 12.1 Å². The third kappa shape index (κ3) is 5.23. The summed E-state index contributed by atoms with van der Waals surface area (Å²) >= 11 is 0. The van der Waals surface area contributed by atoms with E-state index in [0.717, 1.165) is 64.1 Å². The maximum atomic E-state index is 12.8. The monoisotopic (exact) mass is 400 g/mol. The number of benzene rings is 1. The molecule has 0 bridgehead atoms. The Morgan fingerprint density at radius 1 is 0.966 bits per heavy atom. The maximum Gasteiger partial charge on any atom is 0.236 e. The second-order valence-corrected chi connectivity index (χ2v) is 8.67. The first-order chi connectivity index (χ1) is 14.2. The molecule has 0 N–H and O–H groups in total. The second-order valence-electron chi connectivity index (χ2n) is 8.67. The molecule has 2 heterocycles. The molecule has 6 nitrogen and oxygen atoms in total. The lowest BCUT2D eigenvalue weighted by Gasteiger charge is -2.41. The van der Waals surface area contributed by atoms with Crippen LogP contribution in [-0.2, 0) is 4.79 Å². The summed E-state index contributed by atoms with van der Waals surface area (Å²) in [5.74, 6) is 1.20. The van der Waals surface area contributed by atoms with Crippen molar-refractivity contribution in [1.82, 2.24) is 14.7 Å². The molecule has 4 rings (SSSR count). The van der Waals surface area contributed by atoms with E-state index in [2.05, 4.69) is 31.7 Å². The number of hydrogen-bond acceptors (Lipinski definition) is 5. The van der Waals surface area contributed by atoms with Crippen LogP contribution < -0.4 is 9.64 Å². The van der Waals surface area contributed by atoms with E-state index < -0.39 is 0 Å². The van der Waals surface area contributed by atoms with Gasteiger partial charge in [-0.2, -0.15) is 0 Å². The molecule has 0 atom stereocenters. The van der Waals surface area contributed by atoms with Gasteiger partial charge in [0.15, 0.2) is 0 Å². The van der Waals surface area contributed by atoms with Crippen LogP contribution in [0.25, 0.3) is 0 Å². The van der Waals surface area contributed by atoms with E-state index in [1.165, 1.54) is 37.8 Å². The molecule has 0 spiro atoms. The normalized spacial score (nSPS) is 22.7. The van der Waals surface area contributed by atoms with Gasteiger partial charge in [0.05, 0.1) is 13.7 Å². The molecule has 29 heavy (non-hydrogen) atoms. The molecule has 1 saturated carbocycles. The Hall–Kier alpha value is -1.79. The van der Waals surface area contributed by atoms with Gasteiger partial charge >= 0.3 is 0 Å². The highest BCUT2D eigenvalue weighted by atomic mass is 16.5. The molecule has 3 fully saturated rings. The van der Waals surface area contributed by atoms with Crippen molar-refractivity contribution in [3.8, 4) is 5.75 Å². The fourth-order valence-electron chi connectivity index (χ4n) is 5.05. The number of amides is 1. The van der Waals surface area contributed by atoms with Crippen LogP contribution in [0.3, 0.4) is 0 Å². The first-order valence-corrected chi connectivity index (χ1v) is 11.4. The molecule has 6 heteroatoms. The van der Waals surface area contributed by atoms with Crippen molar-refractivity contribution in [2.45, 2.75) is 38.1 Å². The van der Waals surface area contributed by atoms with Gasteiger partial charge in [-0.1, -0.05) is 25.3 Å². The summed E-state index contributed by atoms with van der Waals surface area (Å²) in [6, 6.07) is 9.01. The van der Waals surface area contributed by atoms with Gasteiger partial charge in [0, 0.05) is 70.2 Å². The molecule has 0 aromatic heterocycles. The lowest BCUT2D eigenvalue weighted by Crippen LogP contribution is -2.55. The van der Waals surface area contributed by atoms with Crippen LogP contribution >= 0.6 is 0 Å². The van der Waals surface area contributed by atoms with Gasteiger partial charge in [-0.25, -0.2) is 0 Å². The molecule has 0 radical (unpaired) electrons. The van der Waals surface area contributed by atoms with E-state index in [4.69, 9.17) is 4.74 Å². The topological polar surface area (TPSA) is 39.3 Å². The minimum atomic E-state index is 0.308. The van der Waals surface area contributed by atoms with Crippen molar-refractivity contribution in [3.05, 3.63) is 24.3 Å². The quantitative estimate of drug-likeness (QED) is 0.758. The van der Waals surface area contributed by atoms with Crippen LogP contribution in [0.2, 0.25) is 0 Å². The molecule has 2 saturated heterocycles. The van der Waals surface area contributed by atoms with E-state index in [0.29, 0.717) is 12.5 Å². The zero-order valence-electron chi connectivity index (χ0n) is 17.9. The van der Waals surface area contributed by atoms with Crippen LogP contribution in [-0.4, -0.2) is 92.7 Å². The molecule has 160 valence electrons. The molecule has 2 aliphatic heterocycles. The van der Waals surface area contributed by atoms with Gasteiger partial charge in [0.2, 0.25) is 5.91 Å². The SMILES string of the molecule is COc1cccc(N2CCN(CC(=O)N3CCN(C4CCCCC4)CC3)CC2)c1. The first-order valence-electron chi connectivity index (χ1n) is 11.4. The van der Waals surface area contributed by atoms with Gasteiger partial charge in [0.25, 0.3) is 0 Å². The number of carbonyl (C=O) groups excluding carboxylic acids is 1. The highest BCUT2D eigenvalue weighted by molar-refractivity contribution is 5.78. The summed E-state index contributed by atoms with van der Waals surface area (Å²) < 4.78 is 5.34. The molecule has 1 aromatic carbocycles. The van der Waals surface area contributed by atoms with Gasteiger partial charge in [-0.15, -0.1) is 0 Å². The van der Waals surface area contributed by atoms with Crippen molar-refractivity contribution < 1.29 is 9.53 Å². The average molecular weight is 401 g/mol. The summed E-state index contributed by atoms with van der Waals surface area (Å²) in [5.41, 5.74) is 1.20. The summed E-state index contributed by atoms with van der Waals surface area (Å²) in [6.45, 7) is 8.26. The lowest BCUT2D eigenvalue weighted by atomic mass is 9.94. The molecule has 1 aliphatic carbocycles. The molecule has 0 unspecified atom stereocenters. The molecule has 3 aliphatic rings. The summed E-state index contributed by atoms with van der Waals surface area (Å²) in [7, 11) is 1.71. The Labute approximate surface area is 175 Å². The summed E-state index contributed by atoms with van der Waals surface area (Å²) in [6.07, 6.45) is 6.87. The smallest absolute Gasteiger partial charge is 0.236 e. The Bertz CT molecular complexity index is 661. The standard InChI is InChI=1S/C23H36N4O2/c1-29-22-9-5-8-21(18-22)26-12-10-24(11-13-26)19-23(28)27-16-14-25(15-17-27)20-6-3-2-4-7-20/h5,8-9,18,20H,2-4,6-7,10-17,19H2,1H3. The fourth-order valence-corrected chi connectivity index (χ4v) is 5.05. The minimum Gasteiger partial charge on any atom is -0.497 e. The largest absolute Gasteiger partial charge is 0.497 e. The van der Waals surface area contributed by atoms with Crippen molar-refractivity contribution in [3.63, 3.8) is 0 Å². The van der Waals surface area contributed by atoms with Gasteiger partial charge < -0.3 is 14.5 Å². The van der Waals surface area contributed by atoms with Crippen molar-refractivity contribution >= 4 is 11.6 Å². The lowest BCUT2D eigenvalue weighted by molar-refractivity contribution is -0.134. The predicted molar refractivity (Wildman–Crippen MR) is 117 cm³/mol. The number of anilines is 1. The third-order valence-corrected chi connectivity index (χ3v) is 6.91. The van der Waals surface area contributed by atoms with Gasteiger partial charge in [-0.3, -0.25) is 14.6 Å². The number of rotatable bonds is 5. The molecular weight excluding hydrogens is 364 g/mol. The first kappa shape index (κ1) is 20.5. The van der Waals surface area contributed by atoms with E-state index in [1.54, 1.807) is 7.11 Å². The Morgan fingerprint density at radius 3 is 2.38 bits per heavy atom. The highest BCUT2D eigenvalue weighted by Gasteiger charge is 2.28. The molecule has 1 aromatic rings. The van der Waals surface area contributed by atoms with Crippen LogP contribution in [0.4, 0.5) is 5.69 Å². The maximum absolute atomic E-state index is 12.8. The van der Waals surface area contributed by atoms with Crippen LogP contribution in [0.15, 0.2) is 24.3 Å². The molecular formula is C23H36N4O2. The number of ether oxygens (including phenoxy) is 1. The second kappa shape index (κ2) is 9.81. The van der Waals surface area contributed by atoms with Crippen molar-refractivity contribution in [2.24, 2.45) is 0 Å². The van der Waals surface area contributed by atoms with Crippen LogP contribution in [0.1, 0.15) is 32.1 Å². The zero-order valence-corrected chi connectivity index (χ0v) is 17.9. The Morgan fingerprint density at radius 2 is 1.69 bits per heavy atom. The van der Waals surface area contributed by atoms with Crippen LogP contribution in [0, 0.1) is 0 Å². The van der Waals surface area contributed by atoms with E-state index >= 15 is 0 Å². The Kier molecular flexibility index (Phi) is 6.93. The number of nitrogens with zero attached hydrogens (tertiary/aromatic N) is 4. The van der Waals surface area contributed by atoms with E-state index in [-0.39, 0.29) is 0 Å².